The average Bonchev–Trinajstić information content (AvgIpc) is 2.64. The monoisotopic (exact) mass is 311 g/mol. The van der Waals surface area contributed by atoms with Crippen LogP contribution in [0.25, 0.3) is 21.9 Å². The second kappa shape index (κ2) is 6.29. The van der Waals surface area contributed by atoms with Crippen molar-refractivity contribution >= 4 is 10.8 Å². The fourth-order valence-corrected chi connectivity index (χ4v) is 3.09. The number of hydrogen-bond acceptors (Lipinski definition) is 0. The molecule has 4 rings (SSSR count). The van der Waals surface area contributed by atoms with E-state index in [2.05, 4.69) is 42.5 Å². The normalized spacial score (nSPS) is 10.9. The van der Waals surface area contributed by atoms with Crippen LogP contribution in [-0.2, 0) is 0 Å². The number of fused-ring (bicyclic) bond motifs is 1. The molecule has 0 spiro atoms. The summed E-state index contributed by atoms with van der Waals surface area (Å²) in [5.41, 5.74) is 3.89. The average molecular weight is 311 g/mol. The van der Waals surface area contributed by atoms with Crippen LogP contribution in [-0.4, -0.2) is 0 Å². The third kappa shape index (κ3) is 2.69. The lowest BCUT2D eigenvalue weighted by Gasteiger charge is -2.12. The second-order valence-corrected chi connectivity index (χ2v) is 5.78. The summed E-state index contributed by atoms with van der Waals surface area (Å²) in [6.45, 7) is 0. The van der Waals surface area contributed by atoms with Crippen LogP contribution in [0, 0.1) is 12.2 Å². The van der Waals surface area contributed by atoms with E-state index in [1.54, 1.807) is 12.1 Å². The molecule has 0 bridgehead atoms. The van der Waals surface area contributed by atoms with Gasteiger partial charge in [-0.25, -0.2) is 4.39 Å². The van der Waals surface area contributed by atoms with Crippen molar-refractivity contribution in [3.05, 3.63) is 114 Å². The van der Waals surface area contributed by atoms with Crippen LogP contribution in [0.4, 0.5) is 4.39 Å². The standard InChI is InChI=1S/C23H16F/c24-23-15-6-3-10-19(23)16-18-9-2-5-13-21(18)22-14-7-11-17-8-1-4-12-20(17)22/h1-16H. The van der Waals surface area contributed by atoms with Gasteiger partial charge in [-0.1, -0.05) is 84.9 Å². The molecule has 0 heterocycles. The van der Waals surface area contributed by atoms with Gasteiger partial charge in [0.25, 0.3) is 0 Å². The van der Waals surface area contributed by atoms with Crippen molar-refractivity contribution in [2.45, 2.75) is 0 Å². The van der Waals surface area contributed by atoms with Crippen LogP contribution >= 0.6 is 0 Å². The first-order valence-corrected chi connectivity index (χ1v) is 7.99. The van der Waals surface area contributed by atoms with Gasteiger partial charge >= 0.3 is 0 Å². The van der Waals surface area contributed by atoms with E-state index < -0.39 is 0 Å². The maximum atomic E-state index is 14.0. The Hall–Kier alpha value is -2.93. The third-order valence-electron chi connectivity index (χ3n) is 4.26. The van der Waals surface area contributed by atoms with Gasteiger partial charge in [-0.3, -0.25) is 0 Å². The number of rotatable bonds is 3. The summed E-state index contributed by atoms with van der Waals surface area (Å²) in [4.78, 5) is 0. The van der Waals surface area contributed by atoms with Crippen molar-refractivity contribution in [3.8, 4) is 11.1 Å². The van der Waals surface area contributed by atoms with Crippen LogP contribution in [0.1, 0.15) is 11.1 Å². The Bertz CT molecular complexity index is 996. The summed E-state index contributed by atoms with van der Waals surface area (Å²) in [6, 6.07) is 29.6. The number of hydrogen-bond donors (Lipinski definition) is 0. The Labute approximate surface area is 141 Å². The predicted octanol–water partition coefficient (Wildman–Crippen LogP) is 6.25. The van der Waals surface area contributed by atoms with Gasteiger partial charge < -0.3 is 0 Å². The molecular weight excluding hydrogens is 295 g/mol. The van der Waals surface area contributed by atoms with Crippen molar-refractivity contribution in [2.24, 2.45) is 0 Å². The van der Waals surface area contributed by atoms with Crippen molar-refractivity contribution in [3.63, 3.8) is 0 Å². The van der Waals surface area contributed by atoms with Gasteiger partial charge in [0.15, 0.2) is 0 Å². The van der Waals surface area contributed by atoms with Gasteiger partial charge in [-0.15, -0.1) is 0 Å². The van der Waals surface area contributed by atoms with Gasteiger partial charge in [0, 0.05) is 6.42 Å². The molecule has 0 fully saturated rings. The molecule has 0 saturated heterocycles. The van der Waals surface area contributed by atoms with Gasteiger partial charge in [-0.05, 0) is 39.1 Å². The fourth-order valence-electron chi connectivity index (χ4n) is 3.09. The zero-order chi connectivity index (χ0) is 16.4. The first-order chi connectivity index (χ1) is 11.8. The first kappa shape index (κ1) is 14.6. The quantitative estimate of drug-likeness (QED) is 0.419. The Morgan fingerprint density at radius 1 is 0.542 bits per heavy atom. The summed E-state index contributed by atoms with van der Waals surface area (Å²) in [6.07, 6.45) is 1.91. The Balaban J connectivity index is 1.86. The van der Waals surface area contributed by atoms with E-state index in [0.717, 1.165) is 16.7 Å². The van der Waals surface area contributed by atoms with Crippen molar-refractivity contribution in [1.82, 2.24) is 0 Å². The minimum absolute atomic E-state index is 0.203. The molecule has 0 saturated carbocycles. The molecule has 0 aromatic heterocycles. The molecule has 0 N–H and O–H groups in total. The largest absolute Gasteiger partial charge is 0.207 e. The lowest BCUT2D eigenvalue weighted by molar-refractivity contribution is 0.621. The lowest BCUT2D eigenvalue weighted by atomic mass is 9.92. The van der Waals surface area contributed by atoms with Crippen LogP contribution in [0.15, 0.2) is 91.0 Å². The Morgan fingerprint density at radius 3 is 2.04 bits per heavy atom. The Kier molecular flexibility index (Phi) is 3.84. The van der Waals surface area contributed by atoms with E-state index in [1.807, 2.05) is 36.8 Å². The molecule has 0 nitrogen and oxygen atoms in total. The molecule has 0 unspecified atom stereocenters. The summed E-state index contributed by atoms with van der Waals surface area (Å²) >= 11 is 0. The topological polar surface area (TPSA) is 0 Å². The summed E-state index contributed by atoms with van der Waals surface area (Å²) in [5, 5.41) is 2.41. The van der Waals surface area contributed by atoms with Crippen LogP contribution < -0.4 is 0 Å². The zero-order valence-electron chi connectivity index (χ0n) is 13.1. The molecule has 24 heavy (non-hydrogen) atoms. The fraction of sp³-hybridized carbons (Fsp3) is 0. The van der Waals surface area contributed by atoms with E-state index in [4.69, 9.17) is 0 Å². The first-order valence-electron chi connectivity index (χ1n) is 7.99. The highest BCUT2D eigenvalue weighted by Gasteiger charge is 2.10. The van der Waals surface area contributed by atoms with Crippen LogP contribution in [0.3, 0.4) is 0 Å². The second-order valence-electron chi connectivity index (χ2n) is 5.78. The predicted molar refractivity (Wildman–Crippen MR) is 98.3 cm³/mol. The minimum atomic E-state index is -0.203. The molecule has 1 radical (unpaired) electrons. The Morgan fingerprint density at radius 2 is 1.17 bits per heavy atom. The summed E-state index contributed by atoms with van der Waals surface area (Å²) < 4.78 is 14.0. The maximum Gasteiger partial charge on any atom is 0.127 e. The molecule has 0 atom stereocenters. The van der Waals surface area contributed by atoms with Gasteiger partial charge in [0.05, 0.1) is 0 Å². The summed E-state index contributed by atoms with van der Waals surface area (Å²) in [7, 11) is 0. The maximum absolute atomic E-state index is 14.0. The van der Waals surface area contributed by atoms with Crippen molar-refractivity contribution < 1.29 is 4.39 Å². The molecule has 0 amide bonds. The smallest absolute Gasteiger partial charge is 0.127 e. The van der Waals surface area contributed by atoms with Crippen LogP contribution in [0.5, 0.6) is 0 Å². The molecule has 0 aliphatic heterocycles. The molecule has 4 aromatic carbocycles. The minimum Gasteiger partial charge on any atom is -0.207 e. The van der Waals surface area contributed by atoms with Gasteiger partial charge in [-0.2, -0.15) is 0 Å². The van der Waals surface area contributed by atoms with Crippen LogP contribution in [0.2, 0.25) is 0 Å². The molecule has 4 aromatic rings. The van der Waals surface area contributed by atoms with Crippen molar-refractivity contribution in [2.75, 3.05) is 0 Å². The van der Waals surface area contributed by atoms with Gasteiger partial charge in [0.1, 0.15) is 5.82 Å². The molecule has 1 heteroatoms. The molecular formula is C23H16F. The molecule has 115 valence electrons. The van der Waals surface area contributed by atoms with Crippen molar-refractivity contribution in [1.29, 1.82) is 0 Å². The molecule has 0 aliphatic rings. The third-order valence-corrected chi connectivity index (χ3v) is 4.26. The van der Waals surface area contributed by atoms with Gasteiger partial charge in [0.2, 0.25) is 0 Å². The lowest BCUT2D eigenvalue weighted by Crippen LogP contribution is -1.93. The number of benzene rings is 4. The SMILES string of the molecule is Fc1ccccc1[CH]c1ccccc1-c1cccc2ccccc12. The number of halogens is 1. The highest BCUT2D eigenvalue weighted by atomic mass is 19.1. The van der Waals surface area contributed by atoms with E-state index in [9.17, 15) is 4.39 Å². The molecule has 0 aliphatic carbocycles. The zero-order valence-corrected chi connectivity index (χ0v) is 13.1. The van der Waals surface area contributed by atoms with E-state index in [1.165, 1.54) is 16.8 Å². The van der Waals surface area contributed by atoms with E-state index >= 15 is 0 Å². The highest BCUT2D eigenvalue weighted by Crippen LogP contribution is 2.32. The van der Waals surface area contributed by atoms with E-state index in [0.29, 0.717) is 5.56 Å². The summed E-state index contributed by atoms with van der Waals surface area (Å²) in [5.74, 6) is -0.203. The highest BCUT2D eigenvalue weighted by molar-refractivity contribution is 5.97. The van der Waals surface area contributed by atoms with E-state index in [-0.39, 0.29) is 5.82 Å².